The summed E-state index contributed by atoms with van der Waals surface area (Å²) in [5, 5.41) is 2.62. The Labute approximate surface area is 97.8 Å². The van der Waals surface area contributed by atoms with E-state index in [9.17, 15) is 9.18 Å². The normalized spacial score (nSPS) is 11.6. The van der Waals surface area contributed by atoms with Gasteiger partial charge < -0.3 is 11.1 Å². The number of amides is 1. The summed E-state index contributed by atoms with van der Waals surface area (Å²) in [7, 11) is 0. The molecule has 0 fully saturated rings. The van der Waals surface area contributed by atoms with Crippen LogP contribution in [0.5, 0.6) is 0 Å². The van der Waals surface area contributed by atoms with Gasteiger partial charge >= 0.3 is 0 Å². The molecule has 1 atom stereocenters. The number of carbonyl (C=O) groups is 1. The zero-order valence-electron chi connectivity index (χ0n) is 8.34. The third-order valence-electron chi connectivity index (χ3n) is 1.80. The van der Waals surface area contributed by atoms with Gasteiger partial charge in [-0.3, -0.25) is 4.79 Å². The average molecular weight is 241 g/mol. The van der Waals surface area contributed by atoms with Crippen LogP contribution in [0.3, 0.4) is 0 Å². The Morgan fingerprint density at radius 3 is 2.88 bits per heavy atom. The van der Waals surface area contributed by atoms with Gasteiger partial charge in [0.25, 0.3) is 0 Å². The lowest BCUT2D eigenvalue weighted by atomic mass is 10.2. The monoisotopic (exact) mass is 240 g/mol. The van der Waals surface area contributed by atoms with Crippen molar-refractivity contribution in [3.63, 3.8) is 0 Å². The molecule has 0 saturated carbocycles. The van der Waals surface area contributed by atoms with Crippen molar-refractivity contribution >= 4 is 23.2 Å². The van der Waals surface area contributed by atoms with E-state index < -0.39 is 17.8 Å². The highest BCUT2D eigenvalue weighted by Gasteiger charge is 2.12. The molecule has 1 rings (SSSR count). The van der Waals surface area contributed by atoms with Crippen LogP contribution in [-0.4, -0.2) is 11.9 Å². The summed E-state index contributed by atoms with van der Waals surface area (Å²) in [6.07, 6.45) is 5.14. The van der Waals surface area contributed by atoms with E-state index in [-0.39, 0.29) is 17.1 Å². The molecule has 0 aliphatic rings. The van der Waals surface area contributed by atoms with Crippen molar-refractivity contribution in [1.82, 2.24) is 0 Å². The minimum Gasteiger partial charge on any atom is -0.325 e. The maximum absolute atomic E-state index is 12.9. The van der Waals surface area contributed by atoms with E-state index in [2.05, 4.69) is 11.2 Å². The quantitative estimate of drug-likeness (QED) is 0.792. The summed E-state index contributed by atoms with van der Waals surface area (Å²) in [5.74, 6) is 1.26. The van der Waals surface area contributed by atoms with Gasteiger partial charge in [-0.2, -0.15) is 0 Å². The van der Waals surface area contributed by atoms with E-state index in [1.54, 1.807) is 0 Å². The maximum atomic E-state index is 12.9. The second-order valence-corrected chi connectivity index (χ2v) is 3.60. The van der Waals surface area contributed by atoms with E-state index in [4.69, 9.17) is 23.8 Å². The predicted molar refractivity (Wildman–Crippen MR) is 61.5 cm³/mol. The number of hydrogen-bond acceptors (Lipinski definition) is 2. The maximum Gasteiger partial charge on any atom is 0.242 e. The molecule has 16 heavy (non-hydrogen) atoms. The second kappa shape index (κ2) is 5.50. The lowest BCUT2D eigenvalue weighted by Crippen LogP contribution is -2.35. The molecule has 1 unspecified atom stereocenters. The highest BCUT2D eigenvalue weighted by atomic mass is 35.5. The van der Waals surface area contributed by atoms with Crippen LogP contribution in [0.2, 0.25) is 5.02 Å². The molecule has 5 heteroatoms. The summed E-state index contributed by atoms with van der Waals surface area (Å²) in [6, 6.07) is 2.89. The molecule has 3 N–H and O–H groups in total. The zero-order chi connectivity index (χ0) is 12.1. The van der Waals surface area contributed by atoms with E-state index in [1.807, 2.05) is 0 Å². The van der Waals surface area contributed by atoms with Crippen molar-refractivity contribution in [3.8, 4) is 12.3 Å². The fourth-order valence-electron chi connectivity index (χ4n) is 1.08. The molecule has 0 spiro atoms. The average Bonchev–Trinajstić information content (AvgIpc) is 2.16. The van der Waals surface area contributed by atoms with Gasteiger partial charge in [0.05, 0.1) is 6.04 Å². The van der Waals surface area contributed by atoms with Crippen LogP contribution in [0.15, 0.2) is 18.2 Å². The first-order valence-corrected chi connectivity index (χ1v) is 4.86. The Morgan fingerprint density at radius 1 is 1.62 bits per heavy atom. The SMILES string of the molecule is C#CCC(N)C(=O)Nc1cc(F)cc(Cl)c1. The number of nitrogens with two attached hydrogens (primary N) is 1. The lowest BCUT2D eigenvalue weighted by Gasteiger charge is -2.09. The van der Waals surface area contributed by atoms with Crippen LogP contribution in [0.25, 0.3) is 0 Å². The van der Waals surface area contributed by atoms with Crippen LogP contribution in [0.1, 0.15) is 6.42 Å². The Kier molecular flexibility index (Phi) is 4.29. The molecule has 0 aromatic heterocycles. The zero-order valence-corrected chi connectivity index (χ0v) is 9.09. The first-order chi connectivity index (χ1) is 7.52. The van der Waals surface area contributed by atoms with Gasteiger partial charge in [0.2, 0.25) is 5.91 Å². The number of rotatable bonds is 3. The van der Waals surface area contributed by atoms with Crippen molar-refractivity contribution in [1.29, 1.82) is 0 Å². The highest BCUT2D eigenvalue weighted by Crippen LogP contribution is 2.18. The van der Waals surface area contributed by atoms with Gasteiger partial charge in [-0.1, -0.05) is 11.6 Å². The van der Waals surface area contributed by atoms with Crippen molar-refractivity contribution in [3.05, 3.63) is 29.0 Å². The number of benzene rings is 1. The van der Waals surface area contributed by atoms with Crippen molar-refractivity contribution in [2.45, 2.75) is 12.5 Å². The molecule has 1 aromatic carbocycles. The van der Waals surface area contributed by atoms with Crippen molar-refractivity contribution in [2.75, 3.05) is 5.32 Å². The van der Waals surface area contributed by atoms with Gasteiger partial charge in [0.1, 0.15) is 5.82 Å². The summed E-state index contributed by atoms with van der Waals surface area (Å²) in [4.78, 5) is 11.4. The molecule has 84 valence electrons. The predicted octanol–water partition coefficient (Wildman–Crippen LogP) is 1.77. The van der Waals surface area contributed by atoms with Crippen LogP contribution in [0.4, 0.5) is 10.1 Å². The van der Waals surface area contributed by atoms with Crippen LogP contribution in [-0.2, 0) is 4.79 Å². The number of anilines is 1. The van der Waals surface area contributed by atoms with E-state index in [0.717, 1.165) is 12.1 Å². The standard InChI is InChI=1S/C11H10ClFN2O/c1-2-3-10(14)11(16)15-9-5-7(12)4-8(13)6-9/h1,4-6,10H,3,14H2,(H,15,16). The number of terminal acetylenes is 1. The Morgan fingerprint density at radius 2 is 2.31 bits per heavy atom. The van der Waals surface area contributed by atoms with Gasteiger partial charge in [0, 0.05) is 17.1 Å². The van der Waals surface area contributed by atoms with Gasteiger partial charge in [-0.15, -0.1) is 12.3 Å². The summed E-state index contributed by atoms with van der Waals surface area (Å²) < 4.78 is 12.9. The molecule has 0 saturated heterocycles. The molecule has 0 heterocycles. The molecule has 0 radical (unpaired) electrons. The summed E-state index contributed by atoms with van der Waals surface area (Å²) in [6.45, 7) is 0. The third kappa shape index (κ3) is 3.54. The molecule has 0 aliphatic heterocycles. The number of nitrogens with one attached hydrogen (secondary N) is 1. The minimum atomic E-state index is -0.813. The summed E-state index contributed by atoms with van der Waals surface area (Å²) in [5.41, 5.74) is 5.72. The molecule has 3 nitrogen and oxygen atoms in total. The van der Waals surface area contributed by atoms with Gasteiger partial charge in [-0.25, -0.2) is 4.39 Å². The van der Waals surface area contributed by atoms with Crippen molar-refractivity contribution < 1.29 is 9.18 Å². The molecule has 1 amide bonds. The fourth-order valence-corrected chi connectivity index (χ4v) is 1.30. The Balaban J connectivity index is 2.73. The number of halogens is 2. The Bertz CT molecular complexity index is 422. The van der Waals surface area contributed by atoms with E-state index in [0.29, 0.717) is 0 Å². The van der Waals surface area contributed by atoms with Gasteiger partial charge in [-0.05, 0) is 18.2 Å². The first kappa shape index (κ1) is 12.5. The number of carbonyl (C=O) groups excluding carboxylic acids is 1. The molecule has 0 aliphatic carbocycles. The lowest BCUT2D eigenvalue weighted by molar-refractivity contribution is -0.117. The fraction of sp³-hybridized carbons (Fsp3) is 0.182. The highest BCUT2D eigenvalue weighted by molar-refractivity contribution is 6.30. The largest absolute Gasteiger partial charge is 0.325 e. The van der Waals surface area contributed by atoms with Crippen LogP contribution >= 0.6 is 11.6 Å². The molecular weight excluding hydrogens is 231 g/mol. The van der Waals surface area contributed by atoms with E-state index >= 15 is 0 Å². The smallest absolute Gasteiger partial charge is 0.242 e. The van der Waals surface area contributed by atoms with Crippen LogP contribution < -0.4 is 11.1 Å². The van der Waals surface area contributed by atoms with E-state index in [1.165, 1.54) is 6.07 Å². The van der Waals surface area contributed by atoms with Crippen LogP contribution in [0, 0.1) is 18.2 Å². The topological polar surface area (TPSA) is 55.1 Å². The second-order valence-electron chi connectivity index (χ2n) is 3.16. The molecular formula is C11H10ClFN2O. The minimum absolute atomic E-state index is 0.120. The third-order valence-corrected chi connectivity index (χ3v) is 2.02. The molecule has 0 bridgehead atoms. The van der Waals surface area contributed by atoms with Crippen molar-refractivity contribution in [2.24, 2.45) is 5.73 Å². The van der Waals surface area contributed by atoms with Gasteiger partial charge in [0.15, 0.2) is 0 Å². The Hall–Kier alpha value is -1.57. The first-order valence-electron chi connectivity index (χ1n) is 4.49. The number of hydrogen-bond donors (Lipinski definition) is 2. The molecule has 1 aromatic rings. The summed E-state index contributed by atoms with van der Waals surface area (Å²) >= 11 is 5.62.